The van der Waals surface area contributed by atoms with Crippen LogP contribution in [-0.4, -0.2) is 72.9 Å². The number of hydrogen-bond donors (Lipinski definition) is 2. The maximum absolute atomic E-state index is 14.1. The smallest absolute Gasteiger partial charge is 0.330 e. The molecule has 50 heavy (non-hydrogen) atoms. The van der Waals surface area contributed by atoms with Crippen LogP contribution in [0.3, 0.4) is 0 Å². The highest BCUT2D eigenvalue weighted by Gasteiger charge is 2.62. The standard InChI is InChI=1S/C38H46ClN3O6.2ClH/c1-5-42(6-2)15-8-16-48-33-22-25(11-13-29(33)39)35-28(34-31(46-3)9-7-10-32(34)47-4)12-14-30(40-35)36(43)41-38(37(44)45)26-18-23-17-24(20-26)21-27(38)19-23;;/h7,9-14,22-24,26-27H,5-6,8,15-21H2,1-4H3,(H,41,43)(H,44,45);2*1H. The monoisotopic (exact) mass is 747 g/mol. The molecular formula is C38H48Cl3N3O6. The average Bonchev–Trinajstić information content (AvgIpc) is 3.09. The zero-order valence-electron chi connectivity index (χ0n) is 29.1. The third kappa shape index (κ3) is 7.52. The fraction of sp³-hybridized carbons (Fsp3) is 0.500. The Morgan fingerprint density at radius 2 is 1.54 bits per heavy atom. The molecule has 3 aromatic rings. The predicted octanol–water partition coefficient (Wildman–Crippen LogP) is 8.05. The van der Waals surface area contributed by atoms with E-state index in [2.05, 4.69) is 24.1 Å². The van der Waals surface area contributed by atoms with E-state index in [-0.39, 0.29) is 42.3 Å². The van der Waals surface area contributed by atoms with Crippen molar-refractivity contribution in [2.24, 2.45) is 23.7 Å². The van der Waals surface area contributed by atoms with Crippen molar-refractivity contribution in [2.45, 2.75) is 57.9 Å². The van der Waals surface area contributed by atoms with Crippen molar-refractivity contribution < 1.29 is 28.9 Å². The second-order valence-corrected chi connectivity index (χ2v) is 13.8. The molecule has 4 aliphatic carbocycles. The highest BCUT2D eigenvalue weighted by molar-refractivity contribution is 6.32. The number of carboxylic acid groups (broad SMARTS) is 1. The Labute approximate surface area is 312 Å². The van der Waals surface area contributed by atoms with E-state index in [4.69, 9.17) is 30.8 Å². The summed E-state index contributed by atoms with van der Waals surface area (Å²) in [5.41, 5.74) is 1.37. The highest BCUT2D eigenvalue weighted by Crippen LogP contribution is 2.58. The molecule has 4 saturated carbocycles. The van der Waals surface area contributed by atoms with Crippen LogP contribution >= 0.6 is 36.4 Å². The summed E-state index contributed by atoms with van der Waals surface area (Å²) in [7, 11) is 3.19. The number of carbonyl (C=O) groups is 2. The Bertz CT molecular complexity index is 1620. The zero-order valence-corrected chi connectivity index (χ0v) is 31.5. The molecule has 0 atom stereocenters. The highest BCUT2D eigenvalue weighted by atomic mass is 35.5. The average molecular weight is 749 g/mol. The molecule has 1 heterocycles. The number of halogens is 3. The van der Waals surface area contributed by atoms with Crippen LogP contribution < -0.4 is 19.5 Å². The first-order chi connectivity index (χ1) is 23.2. The fourth-order valence-electron chi connectivity index (χ4n) is 8.68. The molecule has 0 spiro atoms. The first kappa shape index (κ1) is 39.5. The Kier molecular flexibility index (Phi) is 13.3. The molecule has 2 N–H and O–H groups in total. The van der Waals surface area contributed by atoms with Gasteiger partial charge in [0.05, 0.1) is 37.1 Å². The zero-order chi connectivity index (χ0) is 34.0. The van der Waals surface area contributed by atoms with E-state index in [0.717, 1.165) is 51.7 Å². The number of rotatable bonds is 14. The number of pyridine rings is 1. The van der Waals surface area contributed by atoms with E-state index >= 15 is 0 Å². The number of methoxy groups -OCH3 is 2. The second-order valence-electron chi connectivity index (χ2n) is 13.4. The molecule has 4 fully saturated rings. The maximum Gasteiger partial charge on any atom is 0.330 e. The van der Waals surface area contributed by atoms with Gasteiger partial charge in [-0.1, -0.05) is 37.6 Å². The van der Waals surface area contributed by atoms with Crippen LogP contribution in [0.1, 0.15) is 62.9 Å². The summed E-state index contributed by atoms with van der Waals surface area (Å²) in [6, 6.07) is 14.5. The normalized spacial score (nSPS) is 23.1. The van der Waals surface area contributed by atoms with Gasteiger partial charge in [0.25, 0.3) is 5.91 Å². The van der Waals surface area contributed by atoms with Crippen molar-refractivity contribution >= 4 is 48.3 Å². The van der Waals surface area contributed by atoms with Crippen LogP contribution in [0.15, 0.2) is 48.5 Å². The SMILES string of the molecule is CCN(CC)CCCOc1cc(-c2nc(C(=O)NC3(C(=O)O)C4CC5CC(C4)CC3C5)ccc2-c2c(OC)cccc2OC)ccc1Cl.Cl.Cl. The molecule has 4 bridgehead atoms. The molecule has 1 amide bonds. The van der Waals surface area contributed by atoms with E-state index in [9.17, 15) is 14.7 Å². The fourth-order valence-corrected chi connectivity index (χ4v) is 8.85. The lowest BCUT2D eigenvalue weighted by Crippen LogP contribution is -2.70. The van der Waals surface area contributed by atoms with E-state index in [1.165, 1.54) is 6.42 Å². The molecule has 9 nitrogen and oxygen atoms in total. The number of carbonyl (C=O) groups excluding carboxylic acids is 1. The third-order valence-corrected chi connectivity index (χ3v) is 11.2. The molecule has 7 rings (SSSR count). The summed E-state index contributed by atoms with van der Waals surface area (Å²) < 4.78 is 17.7. The number of nitrogens with zero attached hydrogens (tertiary/aromatic N) is 2. The Hall–Kier alpha value is -3.24. The minimum absolute atomic E-state index is 0. The second kappa shape index (κ2) is 16.9. The van der Waals surface area contributed by atoms with Crippen molar-refractivity contribution in [3.05, 3.63) is 59.2 Å². The number of nitrogens with one attached hydrogen (secondary N) is 1. The van der Waals surface area contributed by atoms with E-state index < -0.39 is 17.4 Å². The Morgan fingerprint density at radius 1 is 0.920 bits per heavy atom. The molecule has 272 valence electrons. The van der Waals surface area contributed by atoms with E-state index in [1.807, 2.05) is 36.4 Å². The quantitative estimate of drug-likeness (QED) is 0.160. The van der Waals surface area contributed by atoms with Crippen LogP contribution in [0.4, 0.5) is 0 Å². The number of amides is 1. The number of aromatic nitrogens is 1. The topological polar surface area (TPSA) is 110 Å². The molecular weight excluding hydrogens is 701 g/mol. The number of benzene rings is 2. The van der Waals surface area contributed by atoms with Crippen molar-refractivity contribution in [3.8, 4) is 39.6 Å². The number of aliphatic carboxylic acids is 1. The van der Waals surface area contributed by atoms with Gasteiger partial charge in [0, 0.05) is 17.7 Å². The molecule has 2 aromatic carbocycles. The van der Waals surface area contributed by atoms with Crippen LogP contribution in [0.2, 0.25) is 5.02 Å². The van der Waals surface area contributed by atoms with Crippen LogP contribution in [0.25, 0.3) is 22.4 Å². The maximum atomic E-state index is 14.1. The molecule has 0 radical (unpaired) electrons. The van der Waals surface area contributed by atoms with Gasteiger partial charge < -0.3 is 29.5 Å². The lowest BCUT2D eigenvalue weighted by molar-refractivity contribution is -0.163. The molecule has 12 heteroatoms. The third-order valence-electron chi connectivity index (χ3n) is 10.9. The van der Waals surface area contributed by atoms with Gasteiger partial charge in [0.2, 0.25) is 0 Å². The van der Waals surface area contributed by atoms with Gasteiger partial charge in [-0.05, 0) is 112 Å². The largest absolute Gasteiger partial charge is 0.496 e. The van der Waals surface area contributed by atoms with E-state index in [1.54, 1.807) is 26.4 Å². The molecule has 1 aromatic heterocycles. The number of carboxylic acids is 1. The van der Waals surface area contributed by atoms with Gasteiger partial charge in [-0.25, -0.2) is 9.78 Å². The first-order valence-electron chi connectivity index (χ1n) is 17.2. The van der Waals surface area contributed by atoms with Crippen LogP contribution in [0.5, 0.6) is 17.2 Å². The predicted molar refractivity (Wildman–Crippen MR) is 200 cm³/mol. The van der Waals surface area contributed by atoms with Crippen molar-refractivity contribution in [3.63, 3.8) is 0 Å². The van der Waals surface area contributed by atoms with Crippen molar-refractivity contribution in [1.82, 2.24) is 15.2 Å². The molecule has 0 unspecified atom stereocenters. The lowest BCUT2D eigenvalue weighted by atomic mass is 9.48. The lowest BCUT2D eigenvalue weighted by Gasteiger charge is -2.59. The molecule has 0 aliphatic heterocycles. The summed E-state index contributed by atoms with van der Waals surface area (Å²) in [6.45, 7) is 7.66. The molecule has 4 aliphatic rings. The van der Waals surface area contributed by atoms with Crippen molar-refractivity contribution in [2.75, 3.05) is 40.5 Å². The number of hydrogen-bond acceptors (Lipinski definition) is 7. The Balaban J connectivity index is 0.00000281. The summed E-state index contributed by atoms with van der Waals surface area (Å²) in [5.74, 6) is 1.18. The van der Waals surface area contributed by atoms with Gasteiger partial charge >= 0.3 is 5.97 Å². The van der Waals surface area contributed by atoms with Gasteiger partial charge in [-0.2, -0.15) is 0 Å². The summed E-state index contributed by atoms with van der Waals surface area (Å²) in [6.07, 6.45) is 5.38. The minimum atomic E-state index is -1.29. The van der Waals surface area contributed by atoms with Crippen LogP contribution in [-0.2, 0) is 4.79 Å². The van der Waals surface area contributed by atoms with Crippen LogP contribution in [0, 0.1) is 23.7 Å². The van der Waals surface area contributed by atoms with E-state index in [0.29, 0.717) is 63.1 Å². The number of ether oxygens (including phenoxy) is 3. The van der Waals surface area contributed by atoms with Crippen molar-refractivity contribution in [1.29, 1.82) is 0 Å². The van der Waals surface area contributed by atoms with Gasteiger partial charge in [0.15, 0.2) is 0 Å². The summed E-state index contributed by atoms with van der Waals surface area (Å²) >= 11 is 6.61. The summed E-state index contributed by atoms with van der Waals surface area (Å²) in [4.78, 5) is 34.4. The van der Waals surface area contributed by atoms with Gasteiger partial charge in [-0.15, -0.1) is 24.8 Å². The first-order valence-corrected chi connectivity index (χ1v) is 17.5. The summed E-state index contributed by atoms with van der Waals surface area (Å²) in [5, 5.41) is 14.2. The van der Waals surface area contributed by atoms with Gasteiger partial charge in [0.1, 0.15) is 28.5 Å². The minimum Gasteiger partial charge on any atom is -0.496 e. The Morgan fingerprint density at radius 3 is 2.10 bits per heavy atom. The molecule has 0 saturated heterocycles. The van der Waals surface area contributed by atoms with Gasteiger partial charge in [-0.3, -0.25) is 4.79 Å².